The first-order chi connectivity index (χ1) is 6.57. The minimum Gasteiger partial charge on any atom is -0.505 e. The molecule has 1 aromatic heterocycles. The van der Waals surface area contributed by atoms with Crippen molar-refractivity contribution in [3.05, 3.63) is 21.0 Å². The molecule has 0 fully saturated rings. The van der Waals surface area contributed by atoms with E-state index in [2.05, 4.69) is 4.98 Å². The molecule has 0 bridgehead atoms. The SMILES string of the molecule is N#CCc1cnc(C(F)F)c(O)c1I. The number of hydrogen-bond donors (Lipinski definition) is 1. The predicted molar refractivity (Wildman–Crippen MR) is 52.9 cm³/mol. The minimum atomic E-state index is -2.81. The lowest BCUT2D eigenvalue weighted by Crippen LogP contribution is -1.97. The van der Waals surface area contributed by atoms with Crippen LogP contribution < -0.4 is 0 Å². The van der Waals surface area contributed by atoms with Gasteiger partial charge in [-0.15, -0.1) is 0 Å². The van der Waals surface area contributed by atoms with E-state index in [0.717, 1.165) is 0 Å². The van der Waals surface area contributed by atoms with Crippen molar-refractivity contribution in [1.29, 1.82) is 5.26 Å². The Bertz CT molecular complexity index is 390. The van der Waals surface area contributed by atoms with Crippen LogP contribution in [0.4, 0.5) is 8.78 Å². The minimum absolute atomic E-state index is 0.0440. The van der Waals surface area contributed by atoms with Gasteiger partial charge in [0.05, 0.1) is 16.1 Å². The number of aromatic nitrogens is 1. The quantitative estimate of drug-likeness (QED) is 0.853. The zero-order valence-corrected chi connectivity index (χ0v) is 8.99. The molecule has 1 rings (SSSR count). The van der Waals surface area contributed by atoms with Crippen molar-refractivity contribution >= 4 is 22.6 Å². The molecule has 1 aromatic rings. The standard InChI is InChI=1S/C8H5F2IN2O/c9-8(10)6-7(14)5(11)4(1-2-12)3-13-6/h3,8,14H,1H2. The summed E-state index contributed by atoms with van der Waals surface area (Å²) in [5.41, 5.74) is -0.189. The number of halogens is 3. The molecule has 14 heavy (non-hydrogen) atoms. The Hall–Kier alpha value is -0.970. The molecule has 0 aliphatic rings. The lowest BCUT2D eigenvalue weighted by Gasteiger charge is -2.06. The molecule has 0 radical (unpaired) electrons. The van der Waals surface area contributed by atoms with Gasteiger partial charge in [-0.3, -0.25) is 4.98 Å². The monoisotopic (exact) mass is 310 g/mol. The van der Waals surface area contributed by atoms with Crippen molar-refractivity contribution in [1.82, 2.24) is 4.98 Å². The van der Waals surface area contributed by atoms with E-state index in [1.807, 2.05) is 6.07 Å². The third kappa shape index (κ3) is 2.09. The highest BCUT2D eigenvalue weighted by molar-refractivity contribution is 14.1. The first-order valence-electron chi connectivity index (χ1n) is 3.59. The maximum absolute atomic E-state index is 12.2. The Morgan fingerprint density at radius 2 is 2.29 bits per heavy atom. The summed E-state index contributed by atoms with van der Waals surface area (Å²) in [5, 5.41) is 17.7. The molecule has 0 amide bonds. The first-order valence-corrected chi connectivity index (χ1v) is 4.67. The lowest BCUT2D eigenvalue weighted by atomic mass is 10.2. The summed E-state index contributed by atoms with van der Waals surface area (Å²) in [4.78, 5) is 3.40. The van der Waals surface area contributed by atoms with Crippen LogP contribution in [0.2, 0.25) is 0 Å². The van der Waals surface area contributed by atoms with Crippen LogP contribution in [-0.2, 0) is 6.42 Å². The summed E-state index contributed by atoms with van der Waals surface area (Å²) in [6.07, 6.45) is -1.58. The third-order valence-corrected chi connectivity index (χ3v) is 2.77. The zero-order valence-electron chi connectivity index (χ0n) is 6.84. The summed E-state index contributed by atoms with van der Waals surface area (Å²) >= 11 is 1.71. The molecular formula is C8H5F2IN2O. The number of hydrogen-bond acceptors (Lipinski definition) is 3. The Kier molecular flexibility index (Phi) is 3.57. The molecule has 0 saturated carbocycles. The van der Waals surface area contributed by atoms with E-state index in [0.29, 0.717) is 5.56 Å². The van der Waals surface area contributed by atoms with Gasteiger partial charge in [-0.1, -0.05) is 0 Å². The number of pyridine rings is 1. The van der Waals surface area contributed by atoms with Gasteiger partial charge in [-0.2, -0.15) is 5.26 Å². The molecule has 0 aliphatic carbocycles. The zero-order chi connectivity index (χ0) is 10.7. The van der Waals surface area contributed by atoms with Crippen molar-refractivity contribution in [2.75, 3.05) is 0 Å². The van der Waals surface area contributed by atoms with Gasteiger partial charge in [0.15, 0.2) is 5.75 Å². The molecule has 0 aliphatic heterocycles. The lowest BCUT2D eigenvalue weighted by molar-refractivity contribution is 0.141. The summed E-state index contributed by atoms with van der Waals surface area (Å²) in [5.74, 6) is -0.534. The van der Waals surface area contributed by atoms with Crippen LogP contribution in [-0.4, -0.2) is 10.1 Å². The van der Waals surface area contributed by atoms with Crippen molar-refractivity contribution in [3.63, 3.8) is 0 Å². The van der Waals surface area contributed by atoms with Gasteiger partial charge in [-0.25, -0.2) is 8.78 Å². The predicted octanol–water partition coefficient (Wildman–Crippen LogP) is 2.40. The number of nitrogens with zero attached hydrogens (tertiary/aromatic N) is 2. The van der Waals surface area contributed by atoms with Crippen molar-refractivity contribution < 1.29 is 13.9 Å². The van der Waals surface area contributed by atoms with Gasteiger partial charge in [0.2, 0.25) is 0 Å². The van der Waals surface area contributed by atoms with E-state index in [4.69, 9.17) is 5.26 Å². The Morgan fingerprint density at radius 1 is 1.64 bits per heavy atom. The smallest absolute Gasteiger partial charge is 0.284 e. The molecule has 74 valence electrons. The Balaban J connectivity index is 3.20. The van der Waals surface area contributed by atoms with E-state index in [-0.39, 0.29) is 9.99 Å². The average molecular weight is 310 g/mol. The molecule has 1 N–H and O–H groups in total. The summed E-state index contributed by atoms with van der Waals surface area (Å²) < 4.78 is 24.7. The molecule has 0 spiro atoms. The van der Waals surface area contributed by atoms with E-state index in [1.165, 1.54) is 6.20 Å². The van der Waals surface area contributed by atoms with Crippen molar-refractivity contribution in [2.24, 2.45) is 0 Å². The normalized spacial score (nSPS) is 10.2. The highest BCUT2D eigenvalue weighted by Crippen LogP contribution is 2.32. The molecule has 1 heterocycles. The van der Waals surface area contributed by atoms with Crippen LogP contribution >= 0.6 is 22.6 Å². The van der Waals surface area contributed by atoms with E-state index < -0.39 is 17.9 Å². The maximum atomic E-state index is 12.2. The van der Waals surface area contributed by atoms with Gasteiger partial charge in [0.25, 0.3) is 6.43 Å². The highest BCUT2D eigenvalue weighted by Gasteiger charge is 2.18. The van der Waals surface area contributed by atoms with Crippen molar-refractivity contribution in [2.45, 2.75) is 12.8 Å². The summed E-state index contributed by atoms with van der Waals surface area (Å²) in [6.45, 7) is 0. The van der Waals surface area contributed by atoms with Crippen LogP contribution in [0.1, 0.15) is 17.7 Å². The fourth-order valence-electron chi connectivity index (χ4n) is 0.898. The van der Waals surface area contributed by atoms with Crippen LogP contribution in [0.3, 0.4) is 0 Å². The van der Waals surface area contributed by atoms with Gasteiger partial charge in [0.1, 0.15) is 5.69 Å². The number of rotatable bonds is 2. The van der Waals surface area contributed by atoms with Crippen LogP contribution in [0.5, 0.6) is 5.75 Å². The first kappa shape index (κ1) is 11.1. The molecular weight excluding hydrogens is 305 g/mol. The molecule has 0 unspecified atom stereocenters. The van der Waals surface area contributed by atoms with E-state index in [9.17, 15) is 13.9 Å². The van der Waals surface area contributed by atoms with Gasteiger partial charge in [-0.05, 0) is 22.6 Å². The largest absolute Gasteiger partial charge is 0.505 e. The second-order valence-electron chi connectivity index (χ2n) is 2.47. The Labute approximate surface area is 92.5 Å². The van der Waals surface area contributed by atoms with Crippen LogP contribution in [0.15, 0.2) is 6.20 Å². The summed E-state index contributed by atoms with van der Waals surface area (Å²) in [6, 6.07) is 1.86. The van der Waals surface area contributed by atoms with Gasteiger partial charge < -0.3 is 5.11 Å². The molecule has 6 heteroatoms. The second kappa shape index (κ2) is 4.50. The molecule has 0 atom stereocenters. The van der Waals surface area contributed by atoms with Crippen LogP contribution in [0, 0.1) is 14.9 Å². The number of aromatic hydroxyl groups is 1. The number of nitriles is 1. The summed E-state index contributed by atoms with van der Waals surface area (Å²) in [7, 11) is 0. The second-order valence-corrected chi connectivity index (χ2v) is 3.55. The molecule has 0 aromatic carbocycles. The van der Waals surface area contributed by atoms with Gasteiger partial charge >= 0.3 is 0 Å². The van der Waals surface area contributed by atoms with Crippen LogP contribution in [0.25, 0.3) is 0 Å². The van der Waals surface area contributed by atoms with E-state index >= 15 is 0 Å². The van der Waals surface area contributed by atoms with Crippen molar-refractivity contribution in [3.8, 4) is 11.8 Å². The maximum Gasteiger partial charge on any atom is 0.284 e. The van der Waals surface area contributed by atoms with Gasteiger partial charge in [0, 0.05) is 11.8 Å². The third-order valence-electron chi connectivity index (χ3n) is 1.57. The fourth-order valence-corrected chi connectivity index (χ4v) is 1.50. The van der Waals surface area contributed by atoms with E-state index in [1.54, 1.807) is 22.6 Å². The highest BCUT2D eigenvalue weighted by atomic mass is 127. The Morgan fingerprint density at radius 3 is 2.79 bits per heavy atom. The molecule has 3 nitrogen and oxygen atoms in total. The number of alkyl halides is 2. The molecule has 0 saturated heterocycles. The average Bonchev–Trinajstić information content (AvgIpc) is 2.13. The topological polar surface area (TPSA) is 56.9 Å². The fraction of sp³-hybridized carbons (Fsp3) is 0.250.